The summed E-state index contributed by atoms with van der Waals surface area (Å²) in [5, 5.41) is 11.5. The van der Waals surface area contributed by atoms with Crippen molar-refractivity contribution in [1.29, 1.82) is 0 Å². The normalized spacial score (nSPS) is 13.0. The summed E-state index contributed by atoms with van der Waals surface area (Å²) < 4.78 is 36.2. The predicted molar refractivity (Wildman–Crippen MR) is 89.1 cm³/mol. The Morgan fingerprint density at radius 2 is 1.86 bits per heavy atom. The van der Waals surface area contributed by atoms with Crippen LogP contribution in [0.5, 0.6) is 0 Å². The van der Waals surface area contributed by atoms with Crippen molar-refractivity contribution in [3.05, 3.63) is 10.1 Å². The molecule has 0 aliphatic rings. The Balaban J connectivity index is 4.26. The molecule has 0 aliphatic heterocycles. The van der Waals surface area contributed by atoms with Gasteiger partial charge in [0.05, 0.1) is 26.3 Å². The average molecular weight is 367 g/mol. The SMILES string of the molecule is CSc1c([N+](=O)[O-])c(N(C)C)c(N)c(S(C)(=O)=O)c1S(C)=O. The fourth-order valence-corrected chi connectivity index (χ4v) is 5.90. The maximum atomic E-state index is 12.1. The number of nitro benzene ring substituents is 1. The number of nitrogens with two attached hydrogens (primary N) is 1. The monoisotopic (exact) mass is 367 g/mol. The van der Waals surface area contributed by atoms with Crippen LogP contribution in [0.25, 0.3) is 0 Å². The molecule has 0 bridgehead atoms. The van der Waals surface area contributed by atoms with Gasteiger partial charge in [0.1, 0.15) is 15.5 Å². The summed E-state index contributed by atoms with van der Waals surface area (Å²) in [5.74, 6) is 0. The zero-order valence-corrected chi connectivity index (χ0v) is 15.2. The number of nitrogens with zero attached hydrogens (tertiary/aromatic N) is 2. The van der Waals surface area contributed by atoms with E-state index < -0.39 is 25.6 Å². The van der Waals surface area contributed by atoms with E-state index >= 15 is 0 Å². The molecule has 1 aromatic carbocycles. The van der Waals surface area contributed by atoms with E-state index in [1.807, 2.05) is 0 Å². The lowest BCUT2D eigenvalue weighted by molar-refractivity contribution is -0.387. The Bertz CT molecular complexity index is 759. The molecular weight excluding hydrogens is 350 g/mol. The minimum absolute atomic E-state index is 0.0102. The van der Waals surface area contributed by atoms with Crippen LogP contribution in [0.1, 0.15) is 0 Å². The van der Waals surface area contributed by atoms with Crippen molar-refractivity contribution >= 4 is 49.5 Å². The van der Waals surface area contributed by atoms with Crippen LogP contribution in [0.15, 0.2) is 14.7 Å². The molecule has 1 rings (SSSR count). The highest BCUT2D eigenvalue weighted by atomic mass is 32.2. The summed E-state index contributed by atoms with van der Waals surface area (Å²) >= 11 is 0.968. The zero-order chi connectivity index (χ0) is 17.4. The number of nitrogen functional groups attached to an aromatic ring is 1. The number of sulfone groups is 1. The summed E-state index contributed by atoms with van der Waals surface area (Å²) in [6.45, 7) is 0. The summed E-state index contributed by atoms with van der Waals surface area (Å²) in [6, 6.07) is 0. The van der Waals surface area contributed by atoms with Crippen LogP contribution in [-0.2, 0) is 20.6 Å². The number of anilines is 2. The quantitative estimate of drug-likeness (QED) is 0.355. The van der Waals surface area contributed by atoms with Gasteiger partial charge in [0.25, 0.3) is 0 Å². The summed E-state index contributed by atoms with van der Waals surface area (Å²) in [6.07, 6.45) is 3.76. The molecule has 11 heteroatoms. The van der Waals surface area contributed by atoms with Gasteiger partial charge in [-0.15, -0.1) is 11.8 Å². The van der Waals surface area contributed by atoms with Crippen molar-refractivity contribution < 1.29 is 17.6 Å². The van der Waals surface area contributed by atoms with Gasteiger partial charge in [0.15, 0.2) is 9.84 Å². The highest BCUT2D eigenvalue weighted by Gasteiger charge is 2.35. The molecule has 124 valence electrons. The average Bonchev–Trinajstić information content (AvgIpc) is 2.34. The first kappa shape index (κ1) is 18.7. The van der Waals surface area contributed by atoms with Crippen LogP contribution in [0, 0.1) is 10.1 Å². The first-order valence-corrected chi connectivity index (χ1v) is 10.5. The van der Waals surface area contributed by atoms with Crippen molar-refractivity contribution in [3.8, 4) is 0 Å². The Morgan fingerprint density at radius 1 is 1.36 bits per heavy atom. The molecule has 0 radical (unpaired) electrons. The van der Waals surface area contributed by atoms with Crippen LogP contribution in [0.2, 0.25) is 0 Å². The van der Waals surface area contributed by atoms with Gasteiger partial charge in [0.2, 0.25) is 0 Å². The van der Waals surface area contributed by atoms with Gasteiger partial charge in [-0.3, -0.25) is 14.3 Å². The molecule has 0 heterocycles. The van der Waals surface area contributed by atoms with Crippen LogP contribution in [-0.4, -0.2) is 50.4 Å². The van der Waals surface area contributed by atoms with E-state index in [4.69, 9.17) is 5.73 Å². The second-order valence-corrected chi connectivity index (χ2v) is 8.77. The number of thioether (sulfide) groups is 1. The molecule has 8 nitrogen and oxygen atoms in total. The molecule has 0 aromatic heterocycles. The van der Waals surface area contributed by atoms with Gasteiger partial charge in [-0.2, -0.15) is 0 Å². The lowest BCUT2D eigenvalue weighted by Gasteiger charge is -2.21. The van der Waals surface area contributed by atoms with E-state index in [0.29, 0.717) is 0 Å². The second-order valence-electron chi connectivity index (χ2n) is 4.68. The highest BCUT2D eigenvalue weighted by Crippen LogP contribution is 2.48. The number of nitro groups is 1. The van der Waals surface area contributed by atoms with E-state index in [0.717, 1.165) is 18.0 Å². The van der Waals surface area contributed by atoms with Gasteiger partial charge in [-0.25, -0.2) is 8.42 Å². The Hall–Kier alpha value is -1.33. The maximum absolute atomic E-state index is 12.1. The van der Waals surface area contributed by atoms with Crippen molar-refractivity contribution in [3.63, 3.8) is 0 Å². The summed E-state index contributed by atoms with van der Waals surface area (Å²) in [7, 11) is -2.53. The van der Waals surface area contributed by atoms with Gasteiger partial charge < -0.3 is 10.6 Å². The summed E-state index contributed by atoms with van der Waals surface area (Å²) in [5.41, 5.74) is 5.29. The van der Waals surface area contributed by atoms with E-state index in [2.05, 4.69) is 0 Å². The molecule has 1 atom stereocenters. The number of rotatable bonds is 5. The van der Waals surface area contributed by atoms with Crippen molar-refractivity contribution in [2.75, 3.05) is 43.5 Å². The lowest BCUT2D eigenvalue weighted by Crippen LogP contribution is -2.19. The van der Waals surface area contributed by atoms with Crippen molar-refractivity contribution in [2.45, 2.75) is 14.7 Å². The molecule has 1 unspecified atom stereocenters. The smallest absolute Gasteiger partial charge is 0.309 e. The van der Waals surface area contributed by atoms with Crippen molar-refractivity contribution in [1.82, 2.24) is 0 Å². The first-order chi connectivity index (χ1) is 9.95. The van der Waals surface area contributed by atoms with Crippen LogP contribution in [0.3, 0.4) is 0 Å². The molecule has 0 amide bonds. The van der Waals surface area contributed by atoms with E-state index in [1.54, 1.807) is 6.26 Å². The molecule has 0 saturated heterocycles. The van der Waals surface area contributed by atoms with Crippen LogP contribution < -0.4 is 10.6 Å². The largest absolute Gasteiger partial charge is 0.396 e. The topological polar surface area (TPSA) is 124 Å². The Labute approximate surface area is 135 Å². The minimum atomic E-state index is -3.82. The standard InChI is InChI=1S/C11H17N3O5S3/c1-13(2)7-6(12)11(22(5,18)19)10(21(4)17)9(20-3)8(7)14(15)16/h12H2,1-5H3. The minimum Gasteiger partial charge on any atom is -0.396 e. The van der Waals surface area contributed by atoms with E-state index in [-0.39, 0.29) is 31.7 Å². The van der Waals surface area contributed by atoms with Gasteiger partial charge in [0, 0.05) is 26.6 Å². The Kier molecular flexibility index (Phi) is 5.47. The molecule has 0 aliphatic carbocycles. The molecule has 0 saturated carbocycles. The fourth-order valence-electron chi connectivity index (χ4n) is 2.12. The van der Waals surface area contributed by atoms with Gasteiger partial charge in [-0.05, 0) is 6.26 Å². The lowest BCUT2D eigenvalue weighted by atomic mass is 10.2. The molecule has 1 aromatic rings. The number of hydrogen-bond donors (Lipinski definition) is 1. The highest BCUT2D eigenvalue weighted by molar-refractivity contribution is 7.99. The zero-order valence-electron chi connectivity index (χ0n) is 12.7. The number of benzene rings is 1. The summed E-state index contributed by atoms with van der Waals surface area (Å²) in [4.78, 5) is 11.8. The van der Waals surface area contributed by atoms with Crippen LogP contribution in [0.4, 0.5) is 17.1 Å². The Morgan fingerprint density at radius 3 is 2.14 bits per heavy atom. The third-order valence-corrected chi connectivity index (χ3v) is 6.06. The van der Waals surface area contributed by atoms with E-state index in [9.17, 15) is 22.7 Å². The molecule has 0 fully saturated rings. The molecule has 0 spiro atoms. The van der Waals surface area contributed by atoms with E-state index in [1.165, 1.54) is 25.3 Å². The van der Waals surface area contributed by atoms with Gasteiger partial charge >= 0.3 is 5.69 Å². The molecule has 2 N–H and O–H groups in total. The fraction of sp³-hybridized carbons (Fsp3) is 0.455. The maximum Gasteiger partial charge on any atom is 0.309 e. The second kappa shape index (κ2) is 6.42. The first-order valence-electron chi connectivity index (χ1n) is 5.83. The molecule has 22 heavy (non-hydrogen) atoms. The number of hydrogen-bond acceptors (Lipinski definition) is 8. The van der Waals surface area contributed by atoms with Gasteiger partial charge in [-0.1, -0.05) is 0 Å². The third-order valence-electron chi connectivity index (χ3n) is 2.84. The third kappa shape index (κ3) is 3.20. The predicted octanol–water partition coefficient (Wildman–Crippen LogP) is 1.11. The molecular formula is C11H17N3O5S3. The van der Waals surface area contributed by atoms with Crippen molar-refractivity contribution in [2.24, 2.45) is 0 Å². The van der Waals surface area contributed by atoms with Crippen LogP contribution >= 0.6 is 11.8 Å².